The molecule has 0 N–H and O–H groups in total. The predicted octanol–water partition coefficient (Wildman–Crippen LogP) is 1.36. The molecule has 0 aliphatic carbocycles. The Bertz CT molecular complexity index is 538. The van der Waals surface area contributed by atoms with Crippen LogP contribution in [0.2, 0.25) is 0 Å². The van der Waals surface area contributed by atoms with Crippen LogP contribution in [0.25, 0.3) is 0 Å². The summed E-state index contributed by atoms with van der Waals surface area (Å²) in [6, 6.07) is 4.77. The molecule has 1 amide bonds. The van der Waals surface area contributed by atoms with Crippen LogP contribution < -0.4 is 0 Å². The van der Waals surface area contributed by atoms with Crippen molar-refractivity contribution < 1.29 is 13.2 Å². The SMILES string of the molecule is CN1C(=O)c2cc(CBr)ccc2S1(=O)=O. The highest BCUT2D eigenvalue weighted by molar-refractivity contribution is 9.08. The van der Waals surface area contributed by atoms with Gasteiger partial charge >= 0.3 is 0 Å². The van der Waals surface area contributed by atoms with Gasteiger partial charge in [0, 0.05) is 12.4 Å². The lowest BCUT2D eigenvalue weighted by molar-refractivity contribution is 0.0891. The van der Waals surface area contributed by atoms with Crippen LogP contribution in [-0.2, 0) is 15.4 Å². The number of alkyl halides is 1. The maximum atomic E-state index is 11.7. The molecule has 1 aromatic rings. The molecule has 2 rings (SSSR count). The van der Waals surface area contributed by atoms with Crippen LogP contribution in [0.4, 0.5) is 0 Å². The van der Waals surface area contributed by atoms with Gasteiger partial charge in [-0.3, -0.25) is 4.79 Å². The Hall–Kier alpha value is -0.880. The summed E-state index contributed by atoms with van der Waals surface area (Å²) in [7, 11) is -2.32. The van der Waals surface area contributed by atoms with E-state index in [0.29, 0.717) is 5.33 Å². The molecule has 0 aromatic heterocycles. The van der Waals surface area contributed by atoms with Gasteiger partial charge in [0.05, 0.1) is 5.56 Å². The minimum absolute atomic E-state index is 0.0969. The quantitative estimate of drug-likeness (QED) is 0.734. The number of hydrogen-bond donors (Lipinski definition) is 0. The lowest BCUT2D eigenvalue weighted by atomic mass is 10.1. The molecule has 0 bridgehead atoms. The van der Waals surface area contributed by atoms with Gasteiger partial charge in [-0.25, -0.2) is 12.7 Å². The number of carbonyl (C=O) groups is 1. The topological polar surface area (TPSA) is 54.5 Å². The van der Waals surface area contributed by atoms with E-state index in [2.05, 4.69) is 15.9 Å². The van der Waals surface area contributed by atoms with Gasteiger partial charge in [0.15, 0.2) is 0 Å². The molecular formula is C9H8BrNO3S. The fourth-order valence-electron chi connectivity index (χ4n) is 1.48. The van der Waals surface area contributed by atoms with Crippen molar-refractivity contribution in [2.45, 2.75) is 10.2 Å². The van der Waals surface area contributed by atoms with Gasteiger partial charge in [-0.1, -0.05) is 22.0 Å². The molecule has 4 nitrogen and oxygen atoms in total. The van der Waals surface area contributed by atoms with Crippen molar-refractivity contribution in [2.24, 2.45) is 0 Å². The zero-order valence-electron chi connectivity index (χ0n) is 7.90. The number of nitrogens with zero attached hydrogens (tertiary/aromatic N) is 1. The molecule has 6 heteroatoms. The first-order valence-corrected chi connectivity index (χ1v) is 6.77. The summed E-state index contributed by atoms with van der Waals surface area (Å²) in [5.41, 5.74) is 1.14. The Morgan fingerprint density at radius 3 is 2.67 bits per heavy atom. The summed E-state index contributed by atoms with van der Waals surface area (Å²) >= 11 is 3.26. The zero-order valence-corrected chi connectivity index (χ0v) is 10.3. The number of halogens is 1. The van der Waals surface area contributed by atoms with Gasteiger partial charge < -0.3 is 0 Å². The van der Waals surface area contributed by atoms with E-state index in [-0.39, 0.29) is 10.5 Å². The van der Waals surface area contributed by atoms with E-state index in [0.717, 1.165) is 9.87 Å². The first-order valence-electron chi connectivity index (χ1n) is 4.20. The molecule has 0 unspecified atom stereocenters. The summed E-state index contributed by atoms with van der Waals surface area (Å²) in [6.45, 7) is 0. The van der Waals surface area contributed by atoms with Gasteiger partial charge in [0.2, 0.25) is 0 Å². The van der Waals surface area contributed by atoms with Crippen LogP contribution in [-0.4, -0.2) is 25.7 Å². The minimum atomic E-state index is -3.59. The van der Waals surface area contributed by atoms with Gasteiger partial charge in [-0.15, -0.1) is 0 Å². The minimum Gasteiger partial charge on any atom is -0.268 e. The third kappa shape index (κ3) is 1.39. The van der Waals surface area contributed by atoms with Crippen molar-refractivity contribution in [1.82, 2.24) is 4.31 Å². The van der Waals surface area contributed by atoms with Crippen molar-refractivity contribution >= 4 is 31.9 Å². The summed E-state index contributed by atoms with van der Waals surface area (Å²) in [4.78, 5) is 11.7. The monoisotopic (exact) mass is 289 g/mol. The molecule has 0 fully saturated rings. The highest BCUT2D eigenvalue weighted by Crippen LogP contribution is 2.29. The Morgan fingerprint density at radius 1 is 1.40 bits per heavy atom. The van der Waals surface area contributed by atoms with E-state index < -0.39 is 15.9 Å². The Kier molecular flexibility index (Phi) is 2.35. The van der Waals surface area contributed by atoms with Crippen molar-refractivity contribution in [3.05, 3.63) is 29.3 Å². The van der Waals surface area contributed by atoms with Crippen molar-refractivity contribution in [2.75, 3.05) is 7.05 Å². The van der Waals surface area contributed by atoms with Crippen LogP contribution >= 0.6 is 15.9 Å². The molecule has 80 valence electrons. The molecule has 0 radical (unpaired) electrons. The molecule has 0 saturated heterocycles. The summed E-state index contributed by atoms with van der Waals surface area (Å²) in [5.74, 6) is -0.465. The van der Waals surface area contributed by atoms with Gasteiger partial charge in [0.1, 0.15) is 4.90 Å². The summed E-state index contributed by atoms with van der Waals surface area (Å²) in [5, 5.41) is 0.595. The van der Waals surface area contributed by atoms with Crippen LogP contribution in [0.15, 0.2) is 23.1 Å². The number of amides is 1. The highest BCUT2D eigenvalue weighted by atomic mass is 79.9. The maximum Gasteiger partial charge on any atom is 0.268 e. The molecule has 1 heterocycles. The van der Waals surface area contributed by atoms with Gasteiger partial charge in [0.25, 0.3) is 15.9 Å². The second-order valence-corrected chi connectivity index (χ2v) is 5.74. The third-order valence-corrected chi connectivity index (χ3v) is 4.80. The van der Waals surface area contributed by atoms with E-state index in [1.54, 1.807) is 12.1 Å². The van der Waals surface area contributed by atoms with E-state index in [1.807, 2.05) is 0 Å². The maximum absolute atomic E-state index is 11.7. The Balaban J connectivity index is 2.72. The smallest absolute Gasteiger partial charge is 0.268 e. The number of hydrogen-bond acceptors (Lipinski definition) is 3. The largest absolute Gasteiger partial charge is 0.268 e. The first-order chi connectivity index (χ1) is 6.98. The third-order valence-electron chi connectivity index (χ3n) is 2.35. The van der Waals surface area contributed by atoms with Crippen molar-refractivity contribution in [3.63, 3.8) is 0 Å². The number of fused-ring (bicyclic) bond motifs is 1. The molecule has 0 atom stereocenters. The number of benzene rings is 1. The molecular weight excluding hydrogens is 282 g/mol. The molecule has 15 heavy (non-hydrogen) atoms. The first kappa shape index (κ1) is 10.6. The molecule has 0 spiro atoms. The summed E-state index contributed by atoms with van der Waals surface area (Å²) in [6.07, 6.45) is 0. The van der Waals surface area contributed by atoms with Crippen LogP contribution in [0.1, 0.15) is 15.9 Å². The second kappa shape index (κ2) is 3.31. The number of carbonyl (C=O) groups excluding carboxylic acids is 1. The number of rotatable bonds is 1. The van der Waals surface area contributed by atoms with Gasteiger partial charge in [-0.05, 0) is 17.7 Å². The molecule has 1 aliphatic rings. The average Bonchev–Trinajstić information content (AvgIpc) is 2.40. The fraction of sp³-hybridized carbons (Fsp3) is 0.222. The predicted molar refractivity (Wildman–Crippen MR) is 58.4 cm³/mol. The molecule has 1 aromatic carbocycles. The zero-order chi connectivity index (χ0) is 11.2. The Morgan fingerprint density at radius 2 is 2.07 bits per heavy atom. The Labute approximate surface area is 96.1 Å². The highest BCUT2D eigenvalue weighted by Gasteiger charge is 2.38. The summed E-state index contributed by atoms with van der Waals surface area (Å²) < 4.78 is 24.1. The standard InChI is InChI=1S/C9H8BrNO3S/c1-11-9(12)7-4-6(5-10)2-3-8(7)15(11,13)14/h2-4H,5H2,1H3. The average molecular weight is 290 g/mol. The lowest BCUT2D eigenvalue weighted by Crippen LogP contribution is -2.24. The van der Waals surface area contributed by atoms with Crippen LogP contribution in [0.3, 0.4) is 0 Å². The van der Waals surface area contributed by atoms with Crippen LogP contribution in [0.5, 0.6) is 0 Å². The van der Waals surface area contributed by atoms with Crippen molar-refractivity contribution in [3.8, 4) is 0 Å². The van der Waals surface area contributed by atoms with Gasteiger partial charge in [-0.2, -0.15) is 0 Å². The lowest BCUT2D eigenvalue weighted by Gasteiger charge is -2.05. The fourth-order valence-corrected chi connectivity index (χ4v) is 3.10. The molecule has 0 saturated carbocycles. The van der Waals surface area contributed by atoms with E-state index in [4.69, 9.17) is 0 Å². The normalized spacial score (nSPS) is 18.0. The molecule has 1 aliphatic heterocycles. The number of sulfonamides is 1. The second-order valence-electron chi connectivity index (χ2n) is 3.24. The van der Waals surface area contributed by atoms with Crippen LogP contribution in [0, 0.1) is 0 Å². The van der Waals surface area contributed by atoms with Crippen molar-refractivity contribution in [1.29, 1.82) is 0 Å². The van der Waals surface area contributed by atoms with E-state index in [9.17, 15) is 13.2 Å². The van der Waals surface area contributed by atoms with E-state index >= 15 is 0 Å². The van der Waals surface area contributed by atoms with E-state index in [1.165, 1.54) is 13.1 Å².